The Bertz CT molecular complexity index is 604. The lowest BCUT2D eigenvalue weighted by Crippen LogP contribution is -2.32. The third-order valence-corrected chi connectivity index (χ3v) is 2.47. The number of nitrogens with zero attached hydrogens (tertiary/aromatic N) is 1. The molecule has 1 rings (SSSR count). The SMILES string of the molecule is CN(C)C(=O)c1cccc(C#CCNC(=O)OC(C)(C)C)c1. The molecule has 0 radical (unpaired) electrons. The molecule has 0 bridgehead atoms. The summed E-state index contributed by atoms with van der Waals surface area (Å²) in [5.41, 5.74) is 0.772. The minimum absolute atomic E-state index is 0.0736. The van der Waals surface area contributed by atoms with Crippen LogP contribution < -0.4 is 5.32 Å². The van der Waals surface area contributed by atoms with E-state index in [0.29, 0.717) is 5.56 Å². The molecule has 0 fully saturated rings. The molecule has 118 valence electrons. The van der Waals surface area contributed by atoms with Gasteiger partial charge >= 0.3 is 6.09 Å². The summed E-state index contributed by atoms with van der Waals surface area (Å²) in [6.45, 7) is 5.57. The lowest BCUT2D eigenvalue weighted by Gasteiger charge is -2.19. The van der Waals surface area contributed by atoms with Crippen LogP contribution in [0.1, 0.15) is 36.7 Å². The van der Waals surface area contributed by atoms with E-state index in [0.717, 1.165) is 5.56 Å². The molecule has 0 aliphatic rings. The van der Waals surface area contributed by atoms with Gasteiger partial charge < -0.3 is 15.0 Å². The topological polar surface area (TPSA) is 58.6 Å². The number of benzene rings is 1. The highest BCUT2D eigenvalue weighted by Crippen LogP contribution is 2.07. The van der Waals surface area contributed by atoms with Crippen molar-refractivity contribution in [1.82, 2.24) is 10.2 Å². The van der Waals surface area contributed by atoms with Gasteiger partial charge in [0, 0.05) is 25.2 Å². The fourth-order valence-electron chi connectivity index (χ4n) is 1.56. The largest absolute Gasteiger partial charge is 0.444 e. The lowest BCUT2D eigenvalue weighted by molar-refractivity contribution is 0.0535. The Kier molecular flexibility index (Phi) is 6.00. The molecule has 1 aromatic carbocycles. The molecule has 2 amide bonds. The number of alkyl carbamates (subject to hydrolysis) is 1. The molecule has 1 N–H and O–H groups in total. The summed E-state index contributed by atoms with van der Waals surface area (Å²) in [6, 6.07) is 7.06. The first kappa shape index (κ1) is 17.6. The van der Waals surface area contributed by atoms with Crippen LogP contribution in [0.25, 0.3) is 0 Å². The molecular weight excluding hydrogens is 280 g/mol. The van der Waals surface area contributed by atoms with E-state index in [1.807, 2.05) is 6.07 Å². The Hall–Kier alpha value is -2.48. The van der Waals surface area contributed by atoms with Crippen molar-refractivity contribution >= 4 is 12.0 Å². The molecule has 5 nitrogen and oxygen atoms in total. The molecule has 0 saturated heterocycles. The zero-order valence-corrected chi connectivity index (χ0v) is 13.7. The van der Waals surface area contributed by atoms with Gasteiger partial charge in [-0.3, -0.25) is 4.79 Å². The average Bonchev–Trinajstić information content (AvgIpc) is 2.41. The first-order chi connectivity index (χ1) is 10.2. The summed E-state index contributed by atoms with van der Waals surface area (Å²) >= 11 is 0. The maximum absolute atomic E-state index is 11.9. The summed E-state index contributed by atoms with van der Waals surface area (Å²) in [4.78, 5) is 24.8. The lowest BCUT2D eigenvalue weighted by atomic mass is 10.1. The third kappa shape index (κ3) is 6.31. The first-order valence-corrected chi connectivity index (χ1v) is 6.96. The van der Waals surface area contributed by atoms with E-state index >= 15 is 0 Å². The predicted octanol–water partition coefficient (Wildman–Crippen LogP) is 2.26. The smallest absolute Gasteiger partial charge is 0.408 e. The molecule has 0 atom stereocenters. The van der Waals surface area contributed by atoms with Crippen LogP contribution in [0.15, 0.2) is 24.3 Å². The summed E-state index contributed by atoms with van der Waals surface area (Å²) in [6.07, 6.45) is -0.502. The van der Waals surface area contributed by atoms with Gasteiger partial charge in [-0.15, -0.1) is 0 Å². The second-order valence-corrected chi connectivity index (χ2v) is 5.94. The third-order valence-electron chi connectivity index (χ3n) is 2.47. The minimum Gasteiger partial charge on any atom is -0.444 e. The summed E-state index contributed by atoms with van der Waals surface area (Å²) in [5.74, 6) is 5.66. The van der Waals surface area contributed by atoms with Gasteiger partial charge in [0.05, 0.1) is 6.54 Å². The molecule has 0 aliphatic heterocycles. The second-order valence-electron chi connectivity index (χ2n) is 5.94. The quantitative estimate of drug-likeness (QED) is 0.853. The van der Waals surface area contributed by atoms with Gasteiger partial charge in [-0.1, -0.05) is 17.9 Å². The standard InChI is InChI=1S/C17H22N2O3/c1-17(2,3)22-16(21)18-11-7-9-13-8-6-10-14(12-13)15(20)19(4)5/h6,8,10,12H,11H2,1-5H3,(H,18,21). The molecular formula is C17H22N2O3. The van der Waals surface area contributed by atoms with Gasteiger partial charge in [-0.2, -0.15) is 0 Å². The average molecular weight is 302 g/mol. The summed E-state index contributed by atoms with van der Waals surface area (Å²) in [5, 5.41) is 2.56. The normalized spacial score (nSPS) is 10.2. The molecule has 0 saturated carbocycles. The van der Waals surface area contributed by atoms with E-state index in [1.54, 1.807) is 53.1 Å². The minimum atomic E-state index is -0.529. The van der Waals surface area contributed by atoms with Crippen molar-refractivity contribution in [2.75, 3.05) is 20.6 Å². The monoisotopic (exact) mass is 302 g/mol. The van der Waals surface area contributed by atoms with Crippen LogP contribution in [0.4, 0.5) is 4.79 Å². The van der Waals surface area contributed by atoms with Crippen LogP contribution >= 0.6 is 0 Å². The highest BCUT2D eigenvalue weighted by atomic mass is 16.6. The Balaban J connectivity index is 2.60. The summed E-state index contributed by atoms with van der Waals surface area (Å²) < 4.78 is 5.10. The van der Waals surface area contributed by atoms with Crippen molar-refractivity contribution in [1.29, 1.82) is 0 Å². The molecule has 5 heteroatoms. The highest BCUT2D eigenvalue weighted by Gasteiger charge is 2.15. The molecule has 22 heavy (non-hydrogen) atoms. The molecule has 0 spiro atoms. The molecule has 0 aliphatic carbocycles. The number of carbonyl (C=O) groups is 2. The van der Waals surface area contributed by atoms with Gasteiger partial charge in [0.2, 0.25) is 0 Å². The number of nitrogens with one attached hydrogen (secondary N) is 1. The van der Waals surface area contributed by atoms with E-state index < -0.39 is 11.7 Å². The van der Waals surface area contributed by atoms with Crippen LogP contribution in [0.2, 0.25) is 0 Å². The maximum Gasteiger partial charge on any atom is 0.408 e. The molecule has 0 aromatic heterocycles. The van der Waals surface area contributed by atoms with Crippen molar-refractivity contribution in [3.63, 3.8) is 0 Å². The Labute approximate surface area is 131 Å². The van der Waals surface area contributed by atoms with E-state index in [4.69, 9.17) is 4.74 Å². The van der Waals surface area contributed by atoms with Crippen molar-refractivity contribution in [3.05, 3.63) is 35.4 Å². The zero-order chi connectivity index (χ0) is 16.8. The summed E-state index contributed by atoms with van der Waals surface area (Å²) in [7, 11) is 3.40. The predicted molar refractivity (Wildman–Crippen MR) is 85.6 cm³/mol. The zero-order valence-electron chi connectivity index (χ0n) is 13.7. The van der Waals surface area contributed by atoms with Crippen LogP contribution in [0.5, 0.6) is 0 Å². The van der Waals surface area contributed by atoms with Crippen molar-refractivity contribution < 1.29 is 14.3 Å². The maximum atomic E-state index is 11.9. The van der Waals surface area contributed by atoms with Crippen LogP contribution in [-0.2, 0) is 4.74 Å². The van der Waals surface area contributed by atoms with Gasteiger partial charge in [0.15, 0.2) is 0 Å². The van der Waals surface area contributed by atoms with Crippen LogP contribution in [0.3, 0.4) is 0 Å². The Morgan fingerprint density at radius 1 is 1.27 bits per heavy atom. The van der Waals surface area contributed by atoms with E-state index in [2.05, 4.69) is 17.2 Å². The van der Waals surface area contributed by atoms with Crippen molar-refractivity contribution in [2.45, 2.75) is 26.4 Å². The number of carbonyl (C=O) groups excluding carboxylic acids is 2. The second kappa shape index (κ2) is 7.51. The molecule has 0 unspecified atom stereocenters. The van der Waals surface area contributed by atoms with Crippen molar-refractivity contribution in [2.24, 2.45) is 0 Å². The fraction of sp³-hybridized carbons (Fsp3) is 0.412. The molecule has 1 aromatic rings. The number of hydrogen-bond acceptors (Lipinski definition) is 3. The Morgan fingerprint density at radius 3 is 2.55 bits per heavy atom. The number of ether oxygens (including phenoxy) is 1. The van der Waals surface area contributed by atoms with E-state index in [1.165, 1.54) is 4.90 Å². The number of amides is 2. The van der Waals surface area contributed by atoms with E-state index in [-0.39, 0.29) is 12.5 Å². The fourth-order valence-corrected chi connectivity index (χ4v) is 1.56. The van der Waals surface area contributed by atoms with Crippen LogP contribution in [-0.4, -0.2) is 43.1 Å². The highest BCUT2D eigenvalue weighted by molar-refractivity contribution is 5.94. The van der Waals surface area contributed by atoms with Gasteiger partial charge in [0.1, 0.15) is 5.60 Å². The Morgan fingerprint density at radius 2 is 1.95 bits per heavy atom. The molecule has 0 heterocycles. The van der Waals surface area contributed by atoms with Gasteiger partial charge in [0.25, 0.3) is 5.91 Å². The van der Waals surface area contributed by atoms with Gasteiger partial charge in [-0.05, 0) is 39.0 Å². The van der Waals surface area contributed by atoms with Crippen LogP contribution in [0, 0.1) is 11.8 Å². The number of rotatable bonds is 2. The van der Waals surface area contributed by atoms with E-state index in [9.17, 15) is 9.59 Å². The first-order valence-electron chi connectivity index (χ1n) is 6.96. The van der Waals surface area contributed by atoms with Crippen molar-refractivity contribution in [3.8, 4) is 11.8 Å². The van der Waals surface area contributed by atoms with Gasteiger partial charge in [-0.25, -0.2) is 4.79 Å². The number of hydrogen-bond donors (Lipinski definition) is 1.